The summed E-state index contributed by atoms with van der Waals surface area (Å²) in [5.74, 6) is 0.192. The normalized spacial score (nSPS) is 19.8. The second-order valence-corrected chi connectivity index (χ2v) is 6.04. The van der Waals surface area contributed by atoms with Crippen LogP contribution >= 0.6 is 0 Å². The zero-order valence-corrected chi connectivity index (χ0v) is 12.4. The van der Waals surface area contributed by atoms with Crippen molar-refractivity contribution < 1.29 is 4.79 Å². The lowest BCUT2D eigenvalue weighted by Gasteiger charge is -2.27. The number of nitrogens with zero attached hydrogens (tertiary/aromatic N) is 2. The number of piperazine rings is 1. The Morgan fingerprint density at radius 3 is 2.70 bits per heavy atom. The summed E-state index contributed by atoms with van der Waals surface area (Å²) >= 11 is 0. The molecule has 1 aromatic carbocycles. The van der Waals surface area contributed by atoms with E-state index in [-0.39, 0.29) is 11.9 Å². The fourth-order valence-corrected chi connectivity index (χ4v) is 3.01. The van der Waals surface area contributed by atoms with Gasteiger partial charge in [-0.15, -0.1) is 0 Å². The van der Waals surface area contributed by atoms with Crippen LogP contribution in [-0.4, -0.2) is 47.9 Å². The van der Waals surface area contributed by atoms with Crippen LogP contribution in [-0.2, 0) is 13.1 Å². The molecule has 1 saturated heterocycles. The van der Waals surface area contributed by atoms with E-state index in [1.165, 1.54) is 11.1 Å². The second kappa shape index (κ2) is 5.54. The van der Waals surface area contributed by atoms with Gasteiger partial charge >= 0.3 is 0 Å². The molecule has 0 aliphatic carbocycles. The maximum absolute atomic E-state index is 12.4. The summed E-state index contributed by atoms with van der Waals surface area (Å²) in [6.07, 6.45) is 0. The van der Waals surface area contributed by atoms with Gasteiger partial charge in [0.25, 0.3) is 5.91 Å². The number of hydrogen-bond donors (Lipinski definition) is 1. The molecule has 0 atom stereocenters. The molecule has 1 amide bonds. The lowest BCUT2D eigenvalue weighted by Crippen LogP contribution is -2.42. The van der Waals surface area contributed by atoms with Crippen LogP contribution in [0, 0.1) is 0 Å². The van der Waals surface area contributed by atoms with E-state index < -0.39 is 0 Å². The van der Waals surface area contributed by atoms with Crippen molar-refractivity contribution in [3.05, 3.63) is 34.9 Å². The van der Waals surface area contributed by atoms with Gasteiger partial charge < -0.3 is 10.2 Å². The van der Waals surface area contributed by atoms with Crippen molar-refractivity contribution in [3.8, 4) is 0 Å². The molecule has 2 aliphatic rings. The minimum absolute atomic E-state index is 0.192. The molecule has 2 heterocycles. The van der Waals surface area contributed by atoms with Crippen molar-refractivity contribution in [2.24, 2.45) is 0 Å². The molecular formula is C16H23N3O. The number of nitrogens with one attached hydrogen (secondary N) is 1. The van der Waals surface area contributed by atoms with Crippen LogP contribution in [0.15, 0.2) is 18.2 Å². The van der Waals surface area contributed by atoms with E-state index in [0.29, 0.717) is 0 Å². The van der Waals surface area contributed by atoms with E-state index in [0.717, 1.165) is 44.8 Å². The first-order valence-electron chi connectivity index (χ1n) is 7.51. The molecular weight excluding hydrogens is 250 g/mol. The van der Waals surface area contributed by atoms with Crippen molar-refractivity contribution in [2.75, 3.05) is 26.2 Å². The largest absolute Gasteiger partial charge is 0.332 e. The maximum Gasteiger partial charge on any atom is 0.254 e. The van der Waals surface area contributed by atoms with Gasteiger partial charge in [-0.2, -0.15) is 0 Å². The van der Waals surface area contributed by atoms with E-state index in [4.69, 9.17) is 0 Å². The van der Waals surface area contributed by atoms with E-state index in [1.54, 1.807) is 0 Å². The number of hydrogen-bond acceptors (Lipinski definition) is 3. The second-order valence-electron chi connectivity index (χ2n) is 6.04. The minimum atomic E-state index is 0.192. The van der Waals surface area contributed by atoms with Crippen molar-refractivity contribution in [1.82, 2.24) is 15.1 Å². The Hall–Kier alpha value is -1.39. The Morgan fingerprint density at radius 2 is 2.00 bits per heavy atom. The molecule has 1 N–H and O–H groups in total. The van der Waals surface area contributed by atoms with Gasteiger partial charge in [0.2, 0.25) is 0 Å². The highest BCUT2D eigenvalue weighted by atomic mass is 16.2. The molecule has 4 nitrogen and oxygen atoms in total. The van der Waals surface area contributed by atoms with E-state index >= 15 is 0 Å². The lowest BCUT2D eigenvalue weighted by molar-refractivity contribution is 0.0730. The summed E-state index contributed by atoms with van der Waals surface area (Å²) in [6, 6.07) is 6.68. The molecule has 1 aromatic rings. The molecule has 0 unspecified atom stereocenters. The van der Waals surface area contributed by atoms with Crippen LogP contribution in [0.5, 0.6) is 0 Å². The number of amides is 1. The number of carbonyl (C=O) groups excluding carboxylic acids is 1. The molecule has 3 rings (SSSR count). The quantitative estimate of drug-likeness (QED) is 0.905. The molecule has 0 saturated carbocycles. The predicted molar refractivity (Wildman–Crippen MR) is 79.6 cm³/mol. The summed E-state index contributed by atoms with van der Waals surface area (Å²) in [7, 11) is 0. The minimum Gasteiger partial charge on any atom is -0.332 e. The fourth-order valence-electron chi connectivity index (χ4n) is 3.01. The van der Waals surface area contributed by atoms with Gasteiger partial charge in [0.05, 0.1) is 0 Å². The third-order valence-electron chi connectivity index (χ3n) is 4.25. The van der Waals surface area contributed by atoms with Crippen molar-refractivity contribution in [3.63, 3.8) is 0 Å². The molecule has 0 aromatic heterocycles. The smallest absolute Gasteiger partial charge is 0.254 e. The summed E-state index contributed by atoms with van der Waals surface area (Å²) in [4.78, 5) is 16.8. The van der Waals surface area contributed by atoms with Crippen LogP contribution in [0.1, 0.15) is 35.3 Å². The Kier molecular flexibility index (Phi) is 3.76. The first kappa shape index (κ1) is 13.6. The van der Waals surface area contributed by atoms with E-state index in [1.807, 2.05) is 4.90 Å². The summed E-state index contributed by atoms with van der Waals surface area (Å²) in [5, 5.41) is 3.37. The van der Waals surface area contributed by atoms with Gasteiger partial charge in [-0.3, -0.25) is 9.69 Å². The first-order chi connectivity index (χ1) is 9.65. The highest BCUT2D eigenvalue weighted by Crippen LogP contribution is 2.26. The van der Waals surface area contributed by atoms with E-state index in [9.17, 15) is 4.79 Å². The maximum atomic E-state index is 12.4. The fraction of sp³-hybridized carbons (Fsp3) is 0.562. The average Bonchev–Trinajstić information content (AvgIpc) is 2.77. The van der Waals surface area contributed by atoms with Gasteiger partial charge in [0.1, 0.15) is 0 Å². The predicted octanol–water partition coefficient (Wildman–Crippen LogP) is 1.46. The van der Waals surface area contributed by atoms with Crippen molar-refractivity contribution in [2.45, 2.75) is 33.0 Å². The van der Waals surface area contributed by atoms with E-state index in [2.05, 4.69) is 42.3 Å². The van der Waals surface area contributed by atoms with Crippen molar-refractivity contribution >= 4 is 5.91 Å². The van der Waals surface area contributed by atoms with Crippen LogP contribution in [0.4, 0.5) is 0 Å². The molecule has 1 fully saturated rings. The standard InChI is InChI=1S/C16H23N3O/c1-12(2)19-11-14-4-3-13(9-15(14)16(19)20)10-18-7-5-17-6-8-18/h3-4,9,12,17H,5-8,10-11H2,1-2H3. The first-order valence-corrected chi connectivity index (χ1v) is 7.51. The number of carbonyl (C=O) groups is 1. The van der Waals surface area contributed by atoms with Gasteiger partial charge in [-0.1, -0.05) is 12.1 Å². The summed E-state index contributed by atoms with van der Waals surface area (Å²) in [5.41, 5.74) is 3.34. The molecule has 0 bridgehead atoms. The summed E-state index contributed by atoms with van der Waals surface area (Å²) < 4.78 is 0. The van der Waals surface area contributed by atoms with Gasteiger partial charge in [-0.25, -0.2) is 0 Å². The van der Waals surface area contributed by atoms with Crippen LogP contribution in [0.25, 0.3) is 0 Å². The number of benzene rings is 1. The molecule has 108 valence electrons. The molecule has 0 radical (unpaired) electrons. The Balaban J connectivity index is 1.75. The third kappa shape index (κ3) is 2.58. The molecule has 4 heteroatoms. The Labute approximate surface area is 120 Å². The van der Waals surface area contributed by atoms with Crippen molar-refractivity contribution in [1.29, 1.82) is 0 Å². The van der Waals surface area contributed by atoms with Gasteiger partial charge in [-0.05, 0) is 31.0 Å². The number of rotatable bonds is 3. The SMILES string of the molecule is CC(C)N1Cc2ccc(CN3CCNCC3)cc2C1=O. The highest BCUT2D eigenvalue weighted by molar-refractivity contribution is 5.98. The van der Waals surface area contributed by atoms with Gasteiger partial charge in [0, 0.05) is 50.9 Å². The highest BCUT2D eigenvalue weighted by Gasteiger charge is 2.29. The Morgan fingerprint density at radius 1 is 1.25 bits per heavy atom. The monoisotopic (exact) mass is 273 g/mol. The zero-order chi connectivity index (χ0) is 14.1. The molecule has 20 heavy (non-hydrogen) atoms. The topological polar surface area (TPSA) is 35.6 Å². The van der Waals surface area contributed by atoms with Crippen LogP contribution < -0.4 is 5.32 Å². The molecule has 2 aliphatic heterocycles. The average molecular weight is 273 g/mol. The van der Waals surface area contributed by atoms with Crippen LogP contribution in [0.3, 0.4) is 0 Å². The lowest BCUT2D eigenvalue weighted by atomic mass is 10.1. The van der Waals surface area contributed by atoms with Gasteiger partial charge in [0.15, 0.2) is 0 Å². The Bertz CT molecular complexity index is 506. The van der Waals surface area contributed by atoms with Crippen LogP contribution in [0.2, 0.25) is 0 Å². The molecule has 0 spiro atoms. The third-order valence-corrected chi connectivity index (χ3v) is 4.25. The number of fused-ring (bicyclic) bond motifs is 1. The summed E-state index contributed by atoms with van der Waals surface area (Å²) in [6.45, 7) is 10.2. The zero-order valence-electron chi connectivity index (χ0n) is 12.4.